The van der Waals surface area contributed by atoms with Crippen LogP contribution in [0.5, 0.6) is 5.75 Å². The minimum Gasteiger partial charge on any atom is -0.486 e. The Kier molecular flexibility index (Phi) is 5.56. The zero-order valence-corrected chi connectivity index (χ0v) is 14.7. The first-order valence-corrected chi connectivity index (χ1v) is 9.69. The van der Waals surface area contributed by atoms with Crippen molar-refractivity contribution in [1.29, 1.82) is 0 Å². The predicted octanol–water partition coefficient (Wildman–Crippen LogP) is 3.05. The second kappa shape index (κ2) is 7.84. The lowest BCUT2D eigenvalue weighted by molar-refractivity contribution is -0.120. The number of carbonyl (C=O) groups excluding carboxylic acids is 1. The van der Waals surface area contributed by atoms with Crippen molar-refractivity contribution in [3.05, 3.63) is 45.9 Å². The van der Waals surface area contributed by atoms with Gasteiger partial charge in [-0.15, -0.1) is 11.3 Å². The van der Waals surface area contributed by atoms with Crippen LogP contribution in [0.2, 0.25) is 0 Å². The van der Waals surface area contributed by atoms with Crippen molar-refractivity contribution < 1.29 is 9.53 Å². The molecule has 0 atom stereocenters. The highest BCUT2D eigenvalue weighted by Gasteiger charge is 2.18. The Labute approximate surface area is 144 Å². The maximum atomic E-state index is 11.9. The number of amides is 1. The van der Waals surface area contributed by atoms with Gasteiger partial charge in [0.15, 0.2) is 0 Å². The summed E-state index contributed by atoms with van der Waals surface area (Å²) < 4.78 is 5.71. The summed E-state index contributed by atoms with van der Waals surface area (Å²) in [6, 6.07) is 7.95. The highest BCUT2D eigenvalue weighted by Crippen LogP contribution is 2.23. The summed E-state index contributed by atoms with van der Waals surface area (Å²) in [6.07, 6.45) is 0.348. The minimum atomic E-state index is 0.0539. The maximum Gasteiger partial charge on any atom is 0.226 e. The quantitative estimate of drug-likeness (QED) is 0.835. The van der Waals surface area contributed by atoms with Crippen molar-refractivity contribution in [2.45, 2.75) is 20.0 Å². The lowest BCUT2D eigenvalue weighted by atomic mass is 10.2. The third-order valence-electron chi connectivity index (χ3n) is 3.62. The molecule has 1 aliphatic heterocycles. The molecule has 4 nitrogen and oxygen atoms in total. The number of ether oxygens (including phenoxy) is 1. The molecule has 1 amide bonds. The van der Waals surface area contributed by atoms with E-state index in [4.69, 9.17) is 4.74 Å². The Hall–Kier alpha value is -1.53. The standard InChI is InChI=1S/C17H20N2O2S2/c1-12-2-4-15(5-3-12)21-8-17-19-14(11-23-17)6-16(20)18-7-13-9-22-10-13/h2-5,11,13H,6-10H2,1H3,(H,18,20). The molecule has 0 radical (unpaired) electrons. The molecule has 2 heterocycles. The molecule has 1 aliphatic rings. The summed E-state index contributed by atoms with van der Waals surface area (Å²) in [5.74, 6) is 3.87. The third-order valence-corrected chi connectivity index (χ3v) is 5.90. The number of hydrogen-bond donors (Lipinski definition) is 1. The van der Waals surface area contributed by atoms with Gasteiger partial charge in [-0.05, 0) is 36.5 Å². The molecule has 0 aliphatic carbocycles. The van der Waals surface area contributed by atoms with Gasteiger partial charge >= 0.3 is 0 Å². The maximum absolute atomic E-state index is 11.9. The van der Waals surface area contributed by atoms with E-state index >= 15 is 0 Å². The van der Waals surface area contributed by atoms with E-state index in [1.165, 1.54) is 16.9 Å². The summed E-state index contributed by atoms with van der Waals surface area (Å²) in [5, 5.41) is 5.82. The van der Waals surface area contributed by atoms with E-state index in [2.05, 4.69) is 10.3 Å². The summed E-state index contributed by atoms with van der Waals surface area (Å²) >= 11 is 3.47. The summed E-state index contributed by atoms with van der Waals surface area (Å²) in [4.78, 5) is 16.4. The number of hydrogen-bond acceptors (Lipinski definition) is 5. The Morgan fingerprint density at radius 1 is 1.35 bits per heavy atom. The van der Waals surface area contributed by atoms with E-state index in [0.717, 1.165) is 34.5 Å². The summed E-state index contributed by atoms with van der Waals surface area (Å²) in [7, 11) is 0. The normalized spacial score (nSPS) is 14.3. The van der Waals surface area contributed by atoms with Crippen molar-refractivity contribution in [2.24, 2.45) is 5.92 Å². The Morgan fingerprint density at radius 3 is 2.83 bits per heavy atom. The number of nitrogens with zero attached hydrogens (tertiary/aromatic N) is 1. The van der Waals surface area contributed by atoms with Crippen molar-refractivity contribution in [3.8, 4) is 5.75 Å². The molecule has 0 spiro atoms. The zero-order valence-electron chi connectivity index (χ0n) is 13.1. The van der Waals surface area contributed by atoms with E-state index in [1.807, 2.05) is 48.3 Å². The van der Waals surface area contributed by atoms with Gasteiger partial charge in [0, 0.05) is 11.9 Å². The van der Waals surface area contributed by atoms with E-state index in [1.54, 1.807) is 0 Å². The first-order chi connectivity index (χ1) is 11.2. The van der Waals surface area contributed by atoms with Crippen LogP contribution in [0.3, 0.4) is 0 Å². The highest BCUT2D eigenvalue weighted by molar-refractivity contribution is 8.00. The second-order valence-corrected chi connectivity index (χ2v) is 7.74. The SMILES string of the molecule is Cc1ccc(OCc2nc(CC(=O)NCC3CSC3)cs2)cc1. The van der Waals surface area contributed by atoms with Crippen LogP contribution in [0.15, 0.2) is 29.6 Å². The molecule has 0 bridgehead atoms. The van der Waals surface area contributed by atoms with E-state index in [0.29, 0.717) is 18.9 Å². The monoisotopic (exact) mass is 348 g/mol. The molecular weight excluding hydrogens is 328 g/mol. The molecule has 122 valence electrons. The third kappa shape index (κ3) is 4.97. The molecule has 1 aromatic carbocycles. The van der Waals surface area contributed by atoms with Crippen LogP contribution < -0.4 is 10.1 Å². The predicted molar refractivity (Wildman–Crippen MR) is 95.2 cm³/mol. The van der Waals surface area contributed by atoms with Crippen molar-refractivity contribution in [1.82, 2.24) is 10.3 Å². The molecule has 1 aromatic heterocycles. The molecule has 0 unspecified atom stereocenters. The van der Waals surface area contributed by atoms with Gasteiger partial charge in [0.05, 0.1) is 12.1 Å². The molecule has 2 aromatic rings. The van der Waals surface area contributed by atoms with Crippen LogP contribution >= 0.6 is 23.1 Å². The lowest BCUT2D eigenvalue weighted by Crippen LogP contribution is -2.35. The van der Waals surface area contributed by atoms with Gasteiger partial charge in [0.25, 0.3) is 0 Å². The van der Waals surface area contributed by atoms with Crippen molar-refractivity contribution in [2.75, 3.05) is 18.1 Å². The Morgan fingerprint density at radius 2 is 2.13 bits per heavy atom. The summed E-state index contributed by atoms with van der Waals surface area (Å²) in [6.45, 7) is 3.28. The number of thioether (sulfide) groups is 1. The smallest absolute Gasteiger partial charge is 0.226 e. The first-order valence-electron chi connectivity index (χ1n) is 7.66. The topological polar surface area (TPSA) is 51.2 Å². The average Bonchev–Trinajstić information content (AvgIpc) is 2.92. The summed E-state index contributed by atoms with van der Waals surface area (Å²) in [5.41, 5.74) is 2.03. The Bertz CT molecular complexity index is 651. The van der Waals surface area contributed by atoms with E-state index in [-0.39, 0.29) is 5.91 Å². The second-order valence-electron chi connectivity index (χ2n) is 5.72. The zero-order chi connectivity index (χ0) is 16.1. The van der Waals surface area contributed by atoms with Crippen molar-refractivity contribution >= 4 is 29.0 Å². The van der Waals surface area contributed by atoms with Gasteiger partial charge in [-0.3, -0.25) is 4.79 Å². The van der Waals surface area contributed by atoms with Crippen LogP contribution in [0, 0.1) is 12.8 Å². The molecule has 6 heteroatoms. The van der Waals surface area contributed by atoms with Gasteiger partial charge in [-0.1, -0.05) is 17.7 Å². The first kappa shape index (κ1) is 16.3. The van der Waals surface area contributed by atoms with E-state index < -0.39 is 0 Å². The molecule has 1 saturated heterocycles. The van der Waals surface area contributed by atoms with Crippen LogP contribution in [0.25, 0.3) is 0 Å². The average molecular weight is 348 g/mol. The number of nitrogens with one attached hydrogen (secondary N) is 1. The van der Waals surface area contributed by atoms with Crippen LogP contribution in [-0.2, 0) is 17.8 Å². The number of carbonyl (C=O) groups is 1. The van der Waals surface area contributed by atoms with Gasteiger partial charge in [-0.2, -0.15) is 11.8 Å². The van der Waals surface area contributed by atoms with Crippen LogP contribution in [0.1, 0.15) is 16.3 Å². The molecule has 23 heavy (non-hydrogen) atoms. The fourth-order valence-corrected chi connectivity index (χ4v) is 3.67. The molecule has 1 N–H and O–H groups in total. The van der Waals surface area contributed by atoms with Gasteiger partial charge in [0.1, 0.15) is 17.4 Å². The Balaban J connectivity index is 1.43. The number of rotatable bonds is 7. The minimum absolute atomic E-state index is 0.0539. The molecule has 3 rings (SSSR count). The lowest BCUT2D eigenvalue weighted by Gasteiger charge is -2.24. The number of thiazole rings is 1. The van der Waals surface area contributed by atoms with Crippen molar-refractivity contribution in [3.63, 3.8) is 0 Å². The number of aromatic nitrogens is 1. The van der Waals surface area contributed by atoms with Gasteiger partial charge in [0.2, 0.25) is 5.91 Å². The number of aryl methyl sites for hydroxylation is 1. The fraction of sp³-hybridized carbons (Fsp3) is 0.412. The number of benzene rings is 1. The fourth-order valence-electron chi connectivity index (χ4n) is 2.16. The van der Waals surface area contributed by atoms with Crippen LogP contribution in [-0.4, -0.2) is 28.9 Å². The molecule has 0 saturated carbocycles. The van der Waals surface area contributed by atoms with Crippen LogP contribution in [0.4, 0.5) is 0 Å². The largest absolute Gasteiger partial charge is 0.486 e. The van der Waals surface area contributed by atoms with E-state index in [9.17, 15) is 4.79 Å². The van der Waals surface area contributed by atoms with Gasteiger partial charge in [-0.25, -0.2) is 4.98 Å². The molecular formula is C17H20N2O2S2. The molecule has 1 fully saturated rings. The highest BCUT2D eigenvalue weighted by atomic mass is 32.2. The van der Waals surface area contributed by atoms with Gasteiger partial charge < -0.3 is 10.1 Å².